The largest absolute Gasteiger partial charge is 0.454 e. The van der Waals surface area contributed by atoms with Crippen LogP contribution in [-0.2, 0) is 0 Å². The summed E-state index contributed by atoms with van der Waals surface area (Å²) in [6, 6.07) is 77.7. The maximum atomic E-state index is 6.93. The van der Waals surface area contributed by atoms with Crippen molar-refractivity contribution in [3.63, 3.8) is 0 Å². The van der Waals surface area contributed by atoms with Crippen molar-refractivity contribution < 1.29 is 4.42 Å². The Bertz CT molecular complexity index is 3880. The number of anilines is 3. The van der Waals surface area contributed by atoms with E-state index in [2.05, 4.69) is 217 Å². The van der Waals surface area contributed by atoms with Crippen LogP contribution in [0.3, 0.4) is 0 Å². The summed E-state index contributed by atoms with van der Waals surface area (Å²) in [5.74, 6) is 0. The van der Waals surface area contributed by atoms with Crippen LogP contribution in [0.25, 0.3) is 108 Å². The van der Waals surface area contributed by atoms with Crippen molar-refractivity contribution >= 4 is 114 Å². The molecule has 13 aromatic rings. The average Bonchev–Trinajstić information content (AvgIpc) is 3.68. The highest BCUT2D eigenvalue weighted by atomic mass is 16.3. The van der Waals surface area contributed by atoms with Gasteiger partial charge >= 0.3 is 0 Å². The summed E-state index contributed by atoms with van der Waals surface area (Å²) >= 11 is 0. The van der Waals surface area contributed by atoms with Crippen LogP contribution in [0.1, 0.15) is 0 Å². The first kappa shape index (κ1) is 33.1. The molecule has 60 heavy (non-hydrogen) atoms. The van der Waals surface area contributed by atoms with E-state index in [0.717, 1.165) is 39.0 Å². The van der Waals surface area contributed by atoms with Crippen molar-refractivity contribution in [2.45, 2.75) is 0 Å². The molecular formula is C58H35NO. The second kappa shape index (κ2) is 12.8. The molecule has 0 bridgehead atoms. The molecule has 12 aromatic carbocycles. The fraction of sp³-hybridized carbons (Fsp3) is 0. The number of para-hydroxylation sites is 1. The van der Waals surface area contributed by atoms with Crippen molar-refractivity contribution in [3.05, 3.63) is 212 Å². The van der Waals surface area contributed by atoms with Crippen molar-refractivity contribution in [2.75, 3.05) is 4.90 Å². The molecule has 0 N–H and O–H groups in total. The predicted molar refractivity (Wildman–Crippen MR) is 256 cm³/mol. The molecule has 0 aliphatic rings. The normalized spacial score (nSPS) is 12.0. The van der Waals surface area contributed by atoms with Crippen LogP contribution < -0.4 is 4.90 Å². The fourth-order valence-corrected chi connectivity index (χ4v) is 9.94. The van der Waals surface area contributed by atoms with Crippen LogP contribution in [0.5, 0.6) is 0 Å². The lowest BCUT2D eigenvalue weighted by Crippen LogP contribution is -2.10. The molecule has 0 atom stereocenters. The zero-order valence-corrected chi connectivity index (χ0v) is 32.6. The molecule has 0 spiro atoms. The van der Waals surface area contributed by atoms with E-state index in [-0.39, 0.29) is 0 Å². The zero-order valence-electron chi connectivity index (χ0n) is 32.6. The zero-order chi connectivity index (χ0) is 39.3. The van der Waals surface area contributed by atoms with Crippen molar-refractivity contribution in [2.24, 2.45) is 0 Å². The Hall–Kier alpha value is -7.94. The van der Waals surface area contributed by atoms with Gasteiger partial charge in [-0.1, -0.05) is 158 Å². The summed E-state index contributed by atoms with van der Waals surface area (Å²) in [6.07, 6.45) is 0. The van der Waals surface area contributed by atoms with Gasteiger partial charge in [0.25, 0.3) is 0 Å². The van der Waals surface area contributed by atoms with Gasteiger partial charge in [-0.15, -0.1) is 0 Å². The summed E-state index contributed by atoms with van der Waals surface area (Å²) < 4.78 is 6.93. The number of fused-ring (bicyclic) bond motifs is 14. The first-order valence-electron chi connectivity index (χ1n) is 20.7. The monoisotopic (exact) mass is 761 g/mol. The third kappa shape index (κ3) is 4.95. The first-order chi connectivity index (χ1) is 29.7. The van der Waals surface area contributed by atoms with Gasteiger partial charge in [0.15, 0.2) is 5.58 Å². The molecular weight excluding hydrogens is 727 g/mol. The highest BCUT2D eigenvalue weighted by molar-refractivity contribution is 6.26. The quantitative estimate of drug-likeness (QED) is 0.166. The van der Waals surface area contributed by atoms with Gasteiger partial charge in [-0.3, -0.25) is 0 Å². The fourth-order valence-electron chi connectivity index (χ4n) is 9.94. The third-order valence-electron chi connectivity index (χ3n) is 12.7. The Labute approximate surface area is 345 Å². The Kier molecular flexibility index (Phi) is 7.05. The molecule has 0 fully saturated rings. The SMILES string of the molecule is c1ccc2cc3c(cc2c1)oc1c(N(c2ccc4ccc(-c5cc6ccccc6c6ccccc56)cc4c2)c2ccc4c5ccccc5c5ccccc5c4c2)cccc13. The van der Waals surface area contributed by atoms with Crippen LogP contribution in [0.4, 0.5) is 17.1 Å². The van der Waals surface area contributed by atoms with Crippen LogP contribution >= 0.6 is 0 Å². The molecule has 0 saturated carbocycles. The van der Waals surface area contributed by atoms with Crippen LogP contribution in [0.2, 0.25) is 0 Å². The van der Waals surface area contributed by atoms with E-state index in [0.29, 0.717) is 0 Å². The number of nitrogens with zero attached hydrogens (tertiary/aromatic N) is 1. The predicted octanol–water partition coefficient (Wildman–Crippen LogP) is 16.8. The standard InChI is InChI=1S/C58H35NO/c1-2-13-38-34-57-55(32-37(38)12-1)52-22-11-23-56(58(52)60-57)59(43-28-29-51-48-19-7-6-17-46(48)47-18-8-10-21-50(47)54(51)35-43)42-27-26-36-24-25-40(30-41(36)31-42)53-33-39-14-3-4-15-44(39)45-16-5-9-20-49(45)53/h1-35H. The van der Waals surface area contributed by atoms with Crippen LogP contribution in [0, 0.1) is 0 Å². The van der Waals surface area contributed by atoms with Gasteiger partial charge in [-0.05, 0) is 141 Å². The molecule has 1 aromatic heterocycles. The third-order valence-corrected chi connectivity index (χ3v) is 12.7. The lowest BCUT2D eigenvalue weighted by Gasteiger charge is -2.26. The minimum absolute atomic E-state index is 0.864. The Morgan fingerprint density at radius 3 is 1.58 bits per heavy atom. The minimum atomic E-state index is 0.864. The second-order valence-electron chi connectivity index (χ2n) is 16.0. The highest BCUT2D eigenvalue weighted by Crippen LogP contribution is 2.46. The van der Waals surface area contributed by atoms with Gasteiger partial charge in [-0.2, -0.15) is 0 Å². The summed E-state index contributed by atoms with van der Waals surface area (Å²) in [6.45, 7) is 0. The minimum Gasteiger partial charge on any atom is -0.454 e. The van der Waals surface area contributed by atoms with Crippen LogP contribution in [0.15, 0.2) is 217 Å². The molecule has 2 nitrogen and oxygen atoms in total. The average molecular weight is 762 g/mol. The lowest BCUT2D eigenvalue weighted by molar-refractivity contribution is 0.669. The lowest BCUT2D eigenvalue weighted by atomic mass is 9.92. The number of benzene rings is 12. The summed E-state index contributed by atoms with van der Waals surface area (Å²) in [5, 5.41) is 19.5. The van der Waals surface area contributed by atoms with E-state index in [1.165, 1.54) is 86.5 Å². The van der Waals surface area contributed by atoms with Gasteiger partial charge < -0.3 is 9.32 Å². The number of hydrogen-bond donors (Lipinski definition) is 0. The summed E-state index contributed by atoms with van der Waals surface area (Å²) in [5.41, 5.74) is 7.31. The number of rotatable bonds is 4. The Morgan fingerprint density at radius 2 is 0.833 bits per heavy atom. The van der Waals surface area contributed by atoms with Gasteiger partial charge in [-0.25, -0.2) is 0 Å². The van der Waals surface area contributed by atoms with E-state index in [1.807, 2.05) is 0 Å². The molecule has 1 heterocycles. The van der Waals surface area contributed by atoms with Gasteiger partial charge in [0, 0.05) is 22.1 Å². The molecule has 278 valence electrons. The first-order valence-corrected chi connectivity index (χ1v) is 20.7. The van der Waals surface area contributed by atoms with Crippen molar-refractivity contribution in [1.82, 2.24) is 0 Å². The number of hydrogen-bond acceptors (Lipinski definition) is 2. The van der Waals surface area contributed by atoms with Gasteiger partial charge in [0.05, 0.1) is 5.69 Å². The highest BCUT2D eigenvalue weighted by Gasteiger charge is 2.22. The molecule has 0 aliphatic heterocycles. The smallest absolute Gasteiger partial charge is 0.159 e. The Balaban J connectivity index is 1.07. The van der Waals surface area contributed by atoms with E-state index >= 15 is 0 Å². The molecule has 0 unspecified atom stereocenters. The summed E-state index contributed by atoms with van der Waals surface area (Å²) in [7, 11) is 0. The maximum Gasteiger partial charge on any atom is 0.159 e. The second-order valence-corrected chi connectivity index (χ2v) is 16.0. The molecule has 0 radical (unpaired) electrons. The van der Waals surface area contributed by atoms with Crippen LogP contribution in [-0.4, -0.2) is 0 Å². The maximum absolute atomic E-state index is 6.93. The topological polar surface area (TPSA) is 16.4 Å². The van der Waals surface area contributed by atoms with Crippen molar-refractivity contribution in [1.29, 1.82) is 0 Å². The molecule has 2 heteroatoms. The Morgan fingerprint density at radius 1 is 0.283 bits per heavy atom. The molecule has 13 rings (SSSR count). The van der Waals surface area contributed by atoms with E-state index in [1.54, 1.807) is 0 Å². The molecule has 0 saturated heterocycles. The van der Waals surface area contributed by atoms with Gasteiger partial charge in [0.2, 0.25) is 0 Å². The summed E-state index contributed by atoms with van der Waals surface area (Å²) in [4.78, 5) is 2.39. The van der Waals surface area contributed by atoms with Crippen molar-refractivity contribution in [3.8, 4) is 11.1 Å². The van der Waals surface area contributed by atoms with E-state index in [4.69, 9.17) is 4.42 Å². The molecule has 0 aliphatic carbocycles. The van der Waals surface area contributed by atoms with E-state index < -0.39 is 0 Å². The number of furan rings is 1. The van der Waals surface area contributed by atoms with E-state index in [9.17, 15) is 0 Å². The van der Waals surface area contributed by atoms with Gasteiger partial charge in [0.1, 0.15) is 5.58 Å². The molecule has 0 amide bonds.